The van der Waals surface area contributed by atoms with Crippen LogP contribution in [0.4, 0.5) is 13.2 Å². The van der Waals surface area contributed by atoms with Gasteiger partial charge in [0.15, 0.2) is 11.6 Å². The van der Waals surface area contributed by atoms with Crippen molar-refractivity contribution in [3.8, 4) is 11.3 Å². The van der Waals surface area contributed by atoms with E-state index in [1.807, 2.05) is 0 Å². The molecule has 1 heterocycles. The molecule has 0 atom stereocenters. The number of ketones is 1. The molecule has 0 N–H and O–H groups in total. The van der Waals surface area contributed by atoms with E-state index in [0.717, 1.165) is 6.07 Å². The van der Waals surface area contributed by atoms with Crippen LogP contribution in [0.25, 0.3) is 11.3 Å². The number of rotatable bonds is 3. The fourth-order valence-corrected chi connectivity index (χ4v) is 1.57. The molecule has 0 bridgehead atoms. The Morgan fingerprint density at radius 1 is 1.11 bits per heavy atom. The van der Waals surface area contributed by atoms with Gasteiger partial charge in [0, 0.05) is 6.07 Å². The van der Waals surface area contributed by atoms with Gasteiger partial charge in [-0.3, -0.25) is 4.79 Å². The Bertz CT molecular complexity index is 602. The van der Waals surface area contributed by atoms with Gasteiger partial charge in [0.05, 0.1) is 12.0 Å². The molecule has 0 amide bonds. The first-order valence-corrected chi connectivity index (χ1v) is 5.20. The summed E-state index contributed by atoms with van der Waals surface area (Å²) in [5, 5.41) is 0. The number of hydrogen-bond acceptors (Lipinski definition) is 2. The Morgan fingerprint density at radius 3 is 2.44 bits per heavy atom. The summed E-state index contributed by atoms with van der Waals surface area (Å²) < 4.78 is 44.4. The minimum Gasteiger partial charge on any atom is -0.461 e. The van der Waals surface area contributed by atoms with Gasteiger partial charge in [-0.2, -0.15) is 0 Å². The van der Waals surface area contributed by atoms with E-state index >= 15 is 0 Å². The largest absolute Gasteiger partial charge is 0.461 e. The van der Waals surface area contributed by atoms with Crippen LogP contribution in [0.5, 0.6) is 0 Å². The maximum absolute atomic E-state index is 13.5. The Morgan fingerprint density at radius 2 is 1.78 bits per heavy atom. The van der Waals surface area contributed by atoms with E-state index in [0.29, 0.717) is 11.8 Å². The van der Waals surface area contributed by atoms with Crippen molar-refractivity contribution >= 4 is 5.78 Å². The quantitative estimate of drug-likeness (QED) is 0.785. The minimum absolute atomic E-state index is 0.0580. The molecule has 18 heavy (non-hydrogen) atoms. The third kappa shape index (κ3) is 2.45. The predicted molar refractivity (Wildman–Crippen MR) is 58.4 cm³/mol. The van der Waals surface area contributed by atoms with Crippen LogP contribution in [-0.2, 0) is 11.2 Å². The maximum atomic E-state index is 13.5. The summed E-state index contributed by atoms with van der Waals surface area (Å²) in [7, 11) is 0. The molecule has 2 rings (SSSR count). The van der Waals surface area contributed by atoms with E-state index in [9.17, 15) is 18.0 Å². The van der Waals surface area contributed by atoms with E-state index in [1.54, 1.807) is 0 Å². The van der Waals surface area contributed by atoms with Crippen molar-refractivity contribution in [1.29, 1.82) is 0 Å². The van der Waals surface area contributed by atoms with Gasteiger partial charge in [-0.1, -0.05) is 0 Å². The fourth-order valence-electron chi connectivity index (χ4n) is 1.57. The lowest BCUT2D eigenvalue weighted by molar-refractivity contribution is -0.116. The Kier molecular flexibility index (Phi) is 3.23. The van der Waals surface area contributed by atoms with E-state index in [1.165, 1.54) is 19.1 Å². The first-order valence-electron chi connectivity index (χ1n) is 5.20. The summed E-state index contributed by atoms with van der Waals surface area (Å²) in [4.78, 5) is 10.9. The third-order valence-corrected chi connectivity index (χ3v) is 2.36. The van der Waals surface area contributed by atoms with Crippen LogP contribution in [0.1, 0.15) is 12.7 Å². The van der Waals surface area contributed by atoms with Crippen molar-refractivity contribution in [2.75, 3.05) is 0 Å². The lowest BCUT2D eigenvalue weighted by Crippen LogP contribution is -1.93. The number of hydrogen-bond donors (Lipinski definition) is 0. The van der Waals surface area contributed by atoms with Crippen molar-refractivity contribution in [3.63, 3.8) is 0 Å². The van der Waals surface area contributed by atoms with Crippen molar-refractivity contribution in [3.05, 3.63) is 47.5 Å². The maximum Gasteiger partial charge on any atom is 0.161 e. The van der Waals surface area contributed by atoms with Crippen LogP contribution in [-0.4, -0.2) is 5.78 Å². The second kappa shape index (κ2) is 4.68. The zero-order valence-electron chi connectivity index (χ0n) is 9.47. The summed E-state index contributed by atoms with van der Waals surface area (Å²) in [5.41, 5.74) is -0.177. The Hall–Kier alpha value is -2.04. The highest BCUT2D eigenvalue weighted by atomic mass is 19.2. The average molecular weight is 254 g/mol. The highest BCUT2D eigenvalue weighted by Gasteiger charge is 2.14. The smallest absolute Gasteiger partial charge is 0.161 e. The van der Waals surface area contributed by atoms with Crippen molar-refractivity contribution in [2.24, 2.45) is 0 Å². The van der Waals surface area contributed by atoms with Gasteiger partial charge in [0.25, 0.3) is 0 Å². The Balaban J connectivity index is 2.40. The number of benzene rings is 1. The van der Waals surface area contributed by atoms with E-state index < -0.39 is 17.5 Å². The van der Waals surface area contributed by atoms with Gasteiger partial charge in [-0.15, -0.1) is 0 Å². The summed E-state index contributed by atoms with van der Waals surface area (Å²) >= 11 is 0. The lowest BCUT2D eigenvalue weighted by atomic mass is 10.1. The molecule has 94 valence electrons. The van der Waals surface area contributed by atoms with Gasteiger partial charge in [0.2, 0.25) is 0 Å². The van der Waals surface area contributed by atoms with E-state index in [2.05, 4.69) is 0 Å². The molecule has 0 unspecified atom stereocenters. The number of carbonyl (C=O) groups excluding carboxylic acids is 1. The second-order valence-electron chi connectivity index (χ2n) is 3.89. The van der Waals surface area contributed by atoms with Crippen LogP contribution in [0.2, 0.25) is 0 Å². The molecular formula is C13H9F3O2. The number of carbonyl (C=O) groups is 1. The van der Waals surface area contributed by atoms with Gasteiger partial charge in [-0.25, -0.2) is 13.2 Å². The number of Topliss-reactive ketones (excluding diaryl/α,β-unsaturated/α-hetero) is 1. The summed E-state index contributed by atoms with van der Waals surface area (Å²) in [5.74, 6) is -3.04. The van der Waals surface area contributed by atoms with Crippen molar-refractivity contribution < 1.29 is 22.4 Å². The molecule has 0 aliphatic rings. The van der Waals surface area contributed by atoms with Gasteiger partial charge in [-0.05, 0) is 25.1 Å². The normalized spacial score (nSPS) is 10.7. The third-order valence-electron chi connectivity index (χ3n) is 2.36. The number of halogens is 3. The van der Waals surface area contributed by atoms with Gasteiger partial charge < -0.3 is 4.42 Å². The van der Waals surface area contributed by atoms with Crippen molar-refractivity contribution in [2.45, 2.75) is 13.3 Å². The molecule has 1 aromatic heterocycles. The molecule has 0 radical (unpaired) electrons. The zero-order valence-corrected chi connectivity index (χ0v) is 9.47. The average Bonchev–Trinajstić information content (AvgIpc) is 2.70. The molecular weight excluding hydrogens is 245 g/mol. The molecule has 0 saturated carbocycles. The van der Waals surface area contributed by atoms with Crippen LogP contribution >= 0.6 is 0 Å². The first kappa shape index (κ1) is 12.4. The molecule has 1 aromatic carbocycles. The van der Waals surface area contributed by atoms with Crippen LogP contribution < -0.4 is 0 Å². The standard InChI is InChI=1S/C13H9F3O2/c1-7(17)4-8-2-3-13(18-8)9-5-11(15)12(16)6-10(9)14/h2-3,5-6H,4H2,1H3. The first-order chi connectivity index (χ1) is 8.47. The lowest BCUT2D eigenvalue weighted by Gasteiger charge is -2.01. The second-order valence-corrected chi connectivity index (χ2v) is 3.89. The van der Waals surface area contributed by atoms with Gasteiger partial charge >= 0.3 is 0 Å². The predicted octanol–water partition coefficient (Wildman–Crippen LogP) is 3.50. The van der Waals surface area contributed by atoms with Crippen LogP contribution in [0, 0.1) is 17.5 Å². The monoisotopic (exact) mass is 254 g/mol. The topological polar surface area (TPSA) is 30.2 Å². The minimum atomic E-state index is -1.26. The highest BCUT2D eigenvalue weighted by Crippen LogP contribution is 2.27. The van der Waals surface area contributed by atoms with E-state index in [-0.39, 0.29) is 23.5 Å². The zero-order chi connectivity index (χ0) is 13.3. The molecule has 0 spiro atoms. The summed E-state index contributed by atoms with van der Waals surface area (Å²) in [6.07, 6.45) is 0.0747. The van der Waals surface area contributed by atoms with Crippen LogP contribution in [0.15, 0.2) is 28.7 Å². The highest BCUT2D eigenvalue weighted by molar-refractivity contribution is 5.77. The molecule has 0 saturated heterocycles. The summed E-state index contributed by atoms with van der Waals surface area (Å²) in [6.45, 7) is 1.39. The van der Waals surface area contributed by atoms with Crippen molar-refractivity contribution in [1.82, 2.24) is 0 Å². The molecule has 0 aliphatic heterocycles. The summed E-state index contributed by atoms with van der Waals surface area (Å²) in [6, 6.07) is 4.09. The molecule has 0 fully saturated rings. The van der Waals surface area contributed by atoms with Gasteiger partial charge in [0.1, 0.15) is 23.1 Å². The molecule has 2 aromatic rings. The molecule has 5 heteroatoms. The molecule has 0 aliphatic carbocycles. The van der Waals surface area contributed by atoms with Crippen LogP contribution in [0.3, 0.4) is 0 Å². The fraction of sp³-hybridized carbons (Fsp3) is 0.154. The SMILES string of the molecule is CC(=O)Cc1ccc(-c2cc(F)c(F)cc2F)o1. The molecule has 2 nitrogen and oxygen atoms in total. The number of furan rings is 1. The van der Waals surface area contributed by atoms with E-state index in [4.69, 9.17) is 4.42 Å². The Labute approximate surface area is 101 Å².